The van der Waals surface area contributed by atoms with Gasteiger partial charge in [0.2, 0.25) is 0 Å². The van der Waals surface area contributed by atoms with Crippen LogP contribution in [-0.4, -0.2) is 43.7 Å². The molecule has 0 spiro atoms. The Labute approximate surface area is 156 Å². The van der Waals surface area contributed by atoms with Crippen LogP contribution < -0.4 is 5.32 Å². The van der Waals surface area contributed by atoms with Crippen molar-refractivity contribution in [1.82, 2.24) is 10.2 Å². The summed E-state index contributed by atoms with van der Waals surface area (Å²) in [4.78, 5) is 15.7. The molecule has 1 aromatic carbocycles. The highest BCUT2D eigenvalue weighted by Gasteiger charge is 2.26. The van der Waals surface area contributed by atoms with Gasteiger partial charge in [0.05, 0.1) is 24.1 Å². The second kappa shape index (κ2) is 7.61. The number of nitrogens with one attached hydrogen (secondary N) is 1. The fourth-order valence-electron chi connectivity index (χ4n) is 3.30. The van der Waals surface area contributed by atoms with Crippen LogP contribution >= 0.6 is 11.3 Å². The smallest absolute Gasteiger partial charge is 0.261 e. The molecule has 1 unspecified atom stereocenters. The molecule has 0 bridgehead atoms. The van der Waals surface area contributed by atoms with E-state index in [4.69, 9.17) is 9.15 Å². The molecule has 1 saturated heterocycles. The van der Waals surface area contributed by atoms with E-state index in [1.54, 1.807) is 0 Å². The molecule has 1 aliphatic heterocycles. The van der Waals surface area contributed by atoms with E-state index >= 15 is 0 Å². The highest BCUT2D eigenvalue weighted by molar-refractivity contribution is 7.20. The van der Waals surface area contributed by atoms with Gasteiger partial charge in [-0.3, -0.25) is 9.69 Å². The quantitative estimate of drug-likeness (QED) is 0.745. The summed E-state index contributed by atoms with van der Waals surface area (Å²) in [6, 6.07) is 14.0. The van der Waals surface area contributed by atoms with Crippen molar-refractivity contribution in [2.45, 2.75) is 13.0 Å². The van der Waals surface area contributed by atoms with E-state index in [0.29, 0.717) is 19.8 Å². The Hall–Kier alpha value is -2.15. The van der Waals surface area contributed by atoms with Gasteiger partial charge in [0.25, 0.3) is 5.91 Å². The van der Waals surface area contributed by atoms with E-state index < -0.39 is 0 Å². The summed E-state index contributed by atoms with van der Waals surface area (Å²) in [5.41, 5.74) is 0. The lowest BCUT2D eigenvalue weighted by Gasteiger charge is -2.33. The topological polar surface area (TPSA) is 54.7 Å². The molecule has 1 aliphatic rings. The molecule has 1 atom stereocenters. The SMILES string of the molecule is Cc1ccc(C(CNC(=O)c2cc3ccccc3s2)N2CCOCC2)o1. The monoisotopic (exact) mass is 370 g/mol. The number of benzene rings is 1. The van der Waals surface area contributed by atoms with Crippen molar-refractivity contribution in [2.75, 3.05) is 32.8 Å². The van der Waals surface area contributed by atoms with Crippen LogP contribution in [0.3, 0.4) is 0 Å². The molecule has 4 rings (SSSR count). The van der Waals surface area contributed by atoms with Gasteiger partial charge in [0, 0.05) is 24.3 Å². The van der Waals surface area contributed by atoms with Crippen LogP contribution in [0.15, 0.2) is 46.9 Å². The fraction of sp³-hybridized carbons (Fsp3) is 0.350. The van der Waals surface area contributed by atoms with Crippen molar-refractivity contribution < 1.29 is 13.9 Å². The Morgan fingerprint density at radius 1 is 1.23 bits per heavy atom. The van der Waals surface area contributed by atoms with E-state index in [1.165, 1.54) is 11.3 Å². The van der Waals surface area contributed by atoms with Crippen LogP contribution in [0.2, 0.25) is 0 Å². The second-order valence-corrected chi connectivity index (χ2v) is 7.55. The summed E-state index contributed by atoms with van der Waals surface area (Å²) in [6.45, 7) is 5.54. The van der Waals surface area contributed by atoms with Crippen molar-refractivity contribution in [2.24, 2.45) is 0 Å². The molecule has 3 heterocycles. The van der Waals surface area contributed by atoms with Crippen LogP contribution in [0.1, 0.15) is 27.2 Å². The standard InChI is InChI=1S/C20H22N2O3S/c1-14-6-7-17(25-14)16(22-8-10-24-11-9-22)13-21-20(23)19-12-15-4-2-3-5-18(15)26-19/h2-7,12,16H,8-11,13H2,1H3,(H,21,23). The number of morpholine rings is 1. The van der Waals surface area contributed by atoms with E-state index in [2.05, 4.69) is 10.2 Å². The molecular weight excluding hydrogens is 348 g/mol. The number of aryl methyl sites for hydroxylation is 1. The van der Waals surface area contributed by atoms with E-state index in [9.17, 15) is 4.79 Å². The number of nitrogens with zero attached hydrogens (tertiary/aromatic N) is 1. The first-order valence-electron chi connectivity index (χ1n) is 8.85. The first kappa shape index (κ1) is 17.3. The van der Waals surface area contributed by atoms with Crippen molar-refractivity contribution in [3.8, 4) is 0 Å². The Bertz CT molecular complexity index is 862. The molecule has 1 fully saturated rings. The van der Waals surface area contributed by atoms with E-state index in [1.807, 2.05) is 49.4 Å². The predicted molar refractivity (Wildman–Crippen MR) is 103 cm³/mol. The highest BCUT2D eigenvalue weighted by Crippen LogP contribution is 2.26. The molecule has 2 aromatic heterocycles. The average Bonchev–Trinajstić information content (AvgIpc) is 3.29. The molecule has 0 aliphatic carbocycles. The maximum absolute atomic E-state index is 12.7. The Balaban J connectivity index is 1.49. The molecule has 26 heavy (non-hydrogen) atoms. The lowest BCUT2D eigenvalue weighted by atomic mass is 10.1. The minimum Gasteiger partial charge on any atom is -0.465 e. The molecule has 136 valence electrons. The minimum absolute atomic E-state index is 0.0194. The lowest BCUT2D eigenvalue weighted by Crippen LogP contribution is -2.43. The molecule has 0 saturated carbocycles. The summed E-state index contributed by atoms with van der Waals surface area (Å²) in [5.74, 6) is 1.74. The molecule has 1 amide bonds. The van der Waals surface area contributed by atoms with Crippen molar-refractivity contribution >= 4 is 27.3 Å². The number of carbonyl (C=O) groups is 1. The van der Waals surface area contributed by atoms with Crippen LogP contribution in [-0.2, 0) is 4.74 Å². The number of amides is 1. The third kappa shape index (κ3) is 3.67. The second-order valence-electron chi connectivity index (χ2n) is 6.47. The van der Waals surface area contributed by atoms with Gasteiger partial charge in [0.15, 0.2) is 0 Å². The van der Waals surface area contributed by atoms with Gasteiger partial charge >= 0.3 is 0 Å². The number of thiophene rings is 1. The Morgan fingerprint density at radius 2 is 2.04 bits per heavy atom. The summed E-state index contributed by atoms with van der Waals surface area (Å²) in [7, 11) is 0. The zero-order valence-electron chi connectivity index (χ0n) is 14.7. The van der Waals surface area contributed by atoms with Gasteiger partial charge in [-0.1, -0.05) is 18.2 Å². The normalized spacial score (nSPS) is 16.7. The molecule has 1 N–H and O–H groups in total. The predicted octanol–water partition coefficient (Wildman–Crippen LogP) is 3.61. The van der Waals surface area contributed by atoms with Crippen molar-refractivity contribution in [3.05, 3.63) is 58.9 Å². The Kier molecular flexibility index (Phi) is 5.06. The molecule has 0 radical (unpaired) electrons. The van der Waals surface area contributed by atoms with Crippen LogP contribution in [0.4, 0.5) is 0 Å². The first-order chi connectivity index (χ1) is 12.7. The largest absolute Gasteiger partial charge is 0.465 e. The zero-order valence-corrected chi connectivity index (χ0v) is 15.6. The number of ether oxygens (including phenoxy) is 1. The molecule has 3 aromatic rings. The summed E-state index contributed by atoms with van der Waals surface area (Å²) < 4.78 is 12.4. The van der Waals surface area contributed by atoms with Crippen LogP contribution in [0.5, 0.6) is 0 Å². The maximum Gasteiger partial charge on any atom is 0.261 e. The summed E-state index contributed by atoms with van der Waals surface area (Å²) >= 11 is 1.52. The number of hydrogen-bond donors (Lipinski definition) is 1. The van der Waals surface area contributed by atoms with Gasteiger partial charge in [0.1, 0.15) is 11.5 Å². The maximum atomic E-state index is 12.7. The van der Waals surface area contributed by atoms with E-state index in [0.717, 1.165) is 39.6 Å². The van der Waals surface area contributed by atoms with Gasteiger partial charge in [-0.25, -0.2) is 0 Å². The summed E-state index contributed by atoms with van der Waals surface area (Å²) in [5, 5.41) is 4.20. The zero-order chi connectivity index (χ0) is 17.9. The van der Waals surface area contributed by atoms with E-state index in [-0.39, 0.29) is 11.9 Å². The fourth-order valence-corrected chi connectivity index (χ4v) is 4.28. The number of furan rings is 1. The number of rotatable bonds is 5. The van der Waals surface area contributed by atoms with Crippen molar-refractivity contribution in [3.63, 3.8) is 0 Å². The van der Waals surface area contributed by atoms with Crippen LogP contribution in [0, 0.1) is 6.92 Å². The number of fused-ring (bicyclic) bond motifs is 1. The van der Waals surface area contributed by atoms with Crippen molar-refractivity contribution in [1.29, 1.82) is 0 Å². The highest BCUT2D eigenvalue weighted by atomic mass is 32.1. The molecular formula is C20H22N2O3S. The third-order valence-electron chi connectivity index (χ3n) is 4.68. The third-order valence-corrected chi connectivity index (χ3v) is 5.80. The number of carbonyl (C=O) groups excluding carboxylic acids is 1. The minimum atomic E-state index is -0.0345. The molecule has 6 heteroatoms. The average molecular weight is 370 g/mol. The van der Waals surface area contributed by atoms with Gasteiger partial charge in [-0.15, -0.1) is 11.3 Å². The Morgan fingerprint density at radius 3 is 2.77 bits per heavy atom. The number of hydrogen-bond acceptors (Lipinski definition) is 5. The first-order valence-corrected chi connectivity index (χ1v) is 9.67. The van der Waals surface area contributed by atoms with Crippen LogP contribution in [0.25, 0.3) is 10.1 Å². The molecule has 5 nitrogen and oxygen atoms in total. The van der Waals surface area contributed by atoms with Gasteiger partial charge < -0.3 is 14.5 Å². The van der Waals surface area contributed by atoms with Gasteiger partial charge in [-0.2, -0.15) is 0 Å². The van der Waals surface area contributed by atoms with Gasteiger partial charge in [-0.05, 0) is 36.6 Å². The summed E-state index contributed by atoms with van der Waals surface area (Å²) in [6.07, 6.45) is 0. The lowest BCUT2D eigenvalue weighted by molar-refractivity contribution is 0.0117.